The van der Waals surface area contributed by atoms with Gasteiger partial charge in [-0.1, -0.05) is 23.8 Å². The van der Waals surface area contributed by atoms with Crippen LogP contribution in [0.4, 0.5) is 4.79 Å². The molecular formula is C25H33N5O4S. The van der Waals surface area contributed by atoms with Crippen molar-refractivity contribution < 1.29 is 18.0 Å². The number of amides is 3. The minimum Gasteiger partial charge on any atom is -0.337 e. The summed E-state index contributed by atoms with van der Waals surface area (Å²) < 4.78 is 28.0. The molecule has 2 aliphatic rings. The van der Waals surface area contributed by atoms with Crippen molar-refractivity contribution in [3.05, 3.63) is 47.7 Å². The Labute approximate surface area is 206 Å². The molecule has 1 aromatic carbocycles. The van der Waals surface area contributed by atoms with Crippen LogP contribution in [0.15, 0.2) is 47.0 Å². The van der Waals surface area contributed by atoms with Crippen LogP contribution in [0.3, 0.4) is 0 Å². The maximum absolute atomic E-state index is 13.3. The van der Waals surface area contributed by atoms with Gasteiger partial charge in [-0.05, 0) is 56.7 Å². The smallest absolute Gasteiger partial charge is 0.321 e. The van der Waals surface area contributed by atoms with Gasteiger partial charge in [-0.3, -0.25) is 20.0 Å². The number of para-hydroxylation sites is 1. The first-order chi connectivity index (χ1) is 16.8. The first kappa shape index (κ1) is 25.3. The number of urea groups is 1. The number of rotatable bonds is 7. The molecule has 10 heteroatoms. The third-order valence-electron chi connectivity index (χ3n) is 6.50. The van der Waals surface area contributed by atoms with Gasteiger partial charge in [-0.15, -0.1) is 0 Å². The van der Waals surface area contributed by atoms with Crippen molar-refractivity contribution in [1.82, 2.24) is 24.8 Å². The zero-order chi connectivity index (χ0) is 24.8. The van der Waals surface area contributed by atoms with Crippen LogP contribution in [0, 0.1) is 6.92 Å². The summed E-state index contributed by atoms with van der Waals surface area (Å²) in [6.45, 7) is 3.80. The number of nitrogens with zero attached hydrogens (tertiary/aromatic N) is 3. The molecular weight excluding hydrogens is 466 g/mol. The van der Waals surface area contributed by atoms with E-state index in [0.29, 0.717) is 25.2 Å². The predicted molar refractivity (Wildman–Crippen MR) is 134 cm³/mol. The molecule has 0 atom stereocenters. The Bertz CT molecular complexity index is 1220. The molecule has 35 heavy (non-hydrogen) atoms. The summed E-state index contributed by atoms with van der Waals surface area (Å²) in [4.78, 5) is 30.7. The van der Waals surface area contributed by atoms with Crippen molar-refractivity contribution in [1.29, 1.82) is 0 Å². The summed E-state index contributed by atoms with van der Waals surface area (Å²) >= 11 is 0. The standard InChI is InChI=1S/C25H33N5O4S/c1-19-16-21-8-5-9-22(24(21)27-17-19)35(33,34)30-14-12-29(13-15-30)18-23(31)28-25(32)26-11-10-20-6-3-2-4-7-20/h5-6,8-9,16-17H,2-4,7,10-15,18H2,1H3,(H2,26,28,31,32). The highest BCUT2D eigenvalue weighted by molar-refractivity contribution is 7.89. The molecule has 1 aliphatic carbocycles. The number of fused-ring (bicyclic) bond motifs is 1. The first-order valence-corrected chi connectivity index (χ1v) is 13.6. The molecule has 1 fully saturated rings. The van der Waals surface area contributed by atoms with E-state index in [4.69, 9.17) is 0 Å². The fourth-order valence-electron chi connectivity index (χ4n) is 4.60. The van der Waals surface area contributed by atoms with Crippen LogP contribution in [0.25, 0.3) is 10.9 Å². The molecule has 188 valence electrons. The average molecular weight is 500 g/mol. The van der Waals surface area contributed by atoms with Gasteiger partial charge in [0.15, 0.2) is 0 Å². The maximum Gasteiger partial charge on any atom is 0.321 e. The van der Waals surface area contributed by atoms with E-state index in [2.05, 4.69) is 21.7 Å². The number of carbonyl (C=O) groups excluding carboxylic acids is 2. The molecule has 0 spiro atoms. The van der Waals surface area contributed by atoms with E-state index in [9.17, 15) is 18.0 Å². The lowest BCUT2D eigenvalue weighted by Gasteiger charge is -2.33. The molecule has 3 amide bonds. The molecule has 4 rings (SSSR count). The van der Waals surface area contributed by atoms with Crippen LogP contribution < -0.4 is 10.6 Å². The summed E-state index contributed by atoms with van der Waals surface area (Å²) in [5.41, 5.74) is 2.80. The number of sulfonamides is 1. The van der Waals surface area contributed by atoms with E-state index in [1.165, 1.54) is 22.7 Å². The molecule has 2 heterocycles. The Balaban J connectivity index is 1.25. The molecule has 0 radical (unpaired) electrons. The van der Waals surface area contributed by atoms with Crippen LogP contribution >= 0.6 is 0 Å². The van der Waals surface area contributed by atoms with Gasteiger partial charge in [0, 0.05) is 44.3 Å². The van der Waals surface area contributed by atoms with E-state index in [1.807, 2.05) is 24.0 Å². The predicted octanol–water partition coefficient (Wildman–Crippen LogP) is 2.57. The summed E-state index contributed by atoms with van der Waals surface area (Å²) in [7, 11) is -3.72. The number of imide groups is 1. The number of aromatic nitrogens is 1. The zero-order valence-corrected chi connectivity index (χ0v) is 20.9. The number of hydrogen-bond acceptors (Lipinski definition) is 6. The van der Waals surface area contributed by atoms with Crippen molar-refractivity contribution in [2.75, 3.05) is 39.3 Å². The minimum absolute atomic E-state index is 0.0432. The van der Waals surface area contributed by atoms with E-state index in [0.717, 1.165) is 30.2 Å². The monoisotopic (exact) mass is 499 g/mol. The van der Waals surface area contributed by atoms with Gasteiger partial charge < -0.3 is 5.32 Å². The SMILES string of the molecule is Cc1cnc2c(S(=O)(=O)N3CCN(CC(=O)NC(=O)NCCC4=CCCCC4)CC3)cccc2c1. The first-order valence-electron chi connectivity index (χ1n) is 12.2. The highest BCUT2D eigenvalue weighted by atomic mass is 32.2. The minimum atomic E-state index is -3.72. The average Bonchev–Trinajstić information content (AvgIpc) is 2.84. The summed E-state index contributed by atoms with van der Waals surface area (Å²) in [6.07, 6.45) is 9.33. The quantitative estimate of drug-likeness (QED) is 0.567. The summed E-state index contributed by atoms with van der Waals surface area (Å²) in [5.74, 6) is -0.399. The maximum atomic E-state index is 13.3. The fraction of sp³-hybridized carbons (Fsp3) is 0.480. The van der Waals surface area contributed by atoms with E-state index in [-0.39, 0.29) is 24.5 Å². The molecule has 1 saturated heterocycles. The van der Waals surface area contributed by atoms with Crippen LogP contribution in [0.5, 0.6) is 0 Å². The van der Waals surface area contributed by atoms with Crippen LogP contribution in [-0.2, 0) is 14.8 Å². The van der Waals surface area contributed by atoms with Crippen molar-refractivity contribution in [2.24, 2.45) is 0 Å². The molecule has 2 N–H and O–H groups in total. The second kappa shape index (κ2) is 11.3. The summed E-state index contributed by atoms with van der Waals surface area (Å²) in [5, 5.41) is 5.89. The lowest BCUT2D eigenvalue weighted by atomic mass is 9.97. The number of carbonyl (C=O) groups is 2. The van der Waals surface area contributed by atoms with Crippen molar-refractivity contribution in [3.8, 4) is 0 Å². The molecule has 9 nitrogen and oxygen atoms in total. The zero-order valence-electron chi connectivity index (χ0n) is 20.1. The second-order valence-corrected chi connectivity index (χ2v) is 11.1. The van der Waals surface area contributed by atoms with Gasteiger partial charge in [0.2, 0.25) is 15.9 Å². The number of hydrogen-bond donors (Lipinski definition) is 2. The Hall–Kier alpha value is -2.82. The summed E-state index contributed by atoms with van der Waals surface area (Å²) in [6, 6.07) is 6.60. The molecule has 1 aliphatic heterocycles. The molecule has 0 saturated carbocycles. The Morgan fingerprint density at radius 2 is 1.91 bits per heavy atom. The fourth-order valence-corrected chi connectivity index (χ4v) is 6.19. The molecule has 1 aromatic heterocycles. The Kier molecular flexibility index (Phi) is 8.15. The topological polar surface area (TPSA) is 112 Å². The van der Waals surface area contributed by atoms with E-state index < -0.39 is 22.0 Å². The lowest BCUT2D eigenvalue weighted by Crippen LogP contribution is -2.52. The Morgan fingerprint density at radius 1 is 1.11 bits per heavy atom. The lowest BCUT2D eigenvalue weighted by molar-refractivity contribution is -0.121. The molecule has 0 bridgehead atoms. The third kappa shape index (κ3) is 6.45. The molecule has 0 unspecified atom stereocenters. The van der Waals surface area contributed by atoms with Crippen LogP contribution in [0.1, 0.15) is 37.7 Å². The normalized spacial score (nSPS) is 17.7. The van der Waals surface area contributed by atoms with Crippen molar-refractivity contribution >= 4 is 32.9 Å². The van der Waals surface area contributed by atoms with E-state index in [1.54, 1.807) is 18.3 Å². The highest BCUT2D eigenvalue weighted by Gasteiger charge is 2.30. The van der Waals surface area contributed by atoms with Crippen molar-refractivity contribution in [2.45, 2.75) is 43.9 Å². The number of allylic oxidation sites excluding steroid dienone is 1. The second-order valence-electron chi connectivity index (χ2n) is 9.18. The molecule has 2 aromatic rings. The highest BCUT2D eigenvalue weighted by Crippen LogP contribution is 2.25. The number of nitrogens with one attached hydrogen (secondary N) is 2. The number of piperazine rings is 1. The van der Waals surface area contributed by atoms with Crippen LogP contribution in [-0.4, -0.2) is 73.8 Å². The Morgan fingerprint density at radius 3 is 2.66 bits per heavy atom. The van der Waals surface area contributed by atoms with Crippen molar-refractivity contribution in [3.63, 3.8) is 0 Å². The number of aryl methyl sites for hydroxylation is 1. The van der Waals surface area contributed by atoms with Gasteiger partial charge in [0.05, 0.1) is 12.1 Å². The van der Waals surface area contributed by atoms with Gasteiger partial charge in [0.1, 0.15) is 4.90 Å². The van der Waals surface area contributed by atoms with Gasteiger partial charge in [-0.25, -0.2) is 13.2 Å². The number of pyridine rings is 1. The van der Waals surface area contributed by atoms with E-state index >= 15 is 0 Å². The largest absolute Gasteiger partial charge is 0.337 e. The van der Waals surface area contributed by atoms with Gasteiger partial charge in [-0.2, -0.15) is 4.31 Å². The number of benzene rings is 1. The van der Waals surface area contributed by atoms with Gasteiger partial charge >= 0.3 is 6.03 Å². The van der Waals surface area contributed by atoms with Gasteiger partial charge in [0.25, 0.3) is 0 Å². The van der Waals surface area contributed by atoms with Crippen LogP contribution in [0.2, 0.25) is 0 Å². The third-order valence-corrected chi connectivity index (χ3v) is 8.43.